The number of halogens is 1. The number of para-hydroxylation sites is 1. The number of hydrogen-bond donors (Lipinski definition) is 1. The molecule has 0 unspecified atom stereocenters. The molecular formula is C26H33ClN2O2S. The molecule has 0 aromatic heterocycles. The highest BCUT2D eigenvalue weighted by atomic mass is 35.5. The number of benzene rings is 2. The van der Waals surface area contributed by atoms with Crippen molar-refractivity contribution in [2.75, 3.05) is 11.4 Å². The Balaban J connectivity index is 1.57. The van der Waals surface area contributed by atoms with Crippen LogP contribution >= 0.6 is 11.6 Å². The van der Waals surface area contributed by atoms with Gasteiger partial charge in [-0.2, -0.15) is 0 Å². The van der Waals surface area contributed by atoms with Crippen LogP contribution in [0, 0.1) is 11.3 Å². The second-order valence-corrected chi connectivity index (χ2v) is 12.4. The maximum absolute atomic E-state index is 13.6. The van der Waals surface area contributed by atoms with Gasteiger partial charge in [0, 0.05) is 23.3 Å². The van der Waals surface area contributed by atoms with Crippen molar-refractivity contribution in [3.63, 3.8) is 0 Å². The van der Waals surface area contributed by atoms with Gasteiger partial charge in [0.05, 0.1) is 5.69 Å². The summed E-state index contributed by atoms with van der Waals surface area (Å²) in [7, 11) is -3.65. The van der Waals surface area contributed by atoms with E-state index < -0.39 is 10.0 Å². The van der Waals surface area contributed by atoms with Crippen molar-refractivity contribution in [1.82, 2.24) is 4.72 Å². The van der Waals surface area contributed by atoms with E-state index in [1.165, 1.54) is 32.1 Å². The van der Waals surface area contributed by atoms with Crippen molar-refractivity contribution >= 4 is 33.0 Å². The van der Waals surface area contributed by atoms with Crippen LogP contribution < -0.4 is 9.62 Å². The summed E-state index contributed by atoms with van der Waals surface area (Å²) in [6.45, 7) is 2.92. The van der Waals surface area contributed by atoms with Gasteiger partial charge in [-0.15, -0.1) is 0 Å². The zero-order valence-electron chi connectivity index (χ0n) is 18.8. The summed E-state index contributed by atoms with van der Waals surface area (Å²) >= 11 is 6.75. The summed E-state index contributed by atoms with van der Waals surface area (Å²) in [6, 6.07) is 13.7. The molecule has 4 nitrogen and oxygen atoms in total. The number of anilines is 2. The van der Waals surface area contributed by atoms with Crippen LogP contribution in [0.2, 0.25) is 5.02 Å². The minimum Gasteiger partial charge on any atom is -0.339 e. The lowest BCUT2D eigenvalue weighted by atomic mass is 9.84. The molecule has 0 amide bonds. The number of aryl methyl sites for hydroxylation is 1. The molecule has 2 aliphatic carbocycles. The number of sulfonamides is 1. The summed E-state index contributed by atoms with van der Waals surface area (Å²) in [5, 5.41) is 0.667. The molecule has 1 aliphatic heterocycles. The Bertz CT molecular complexity index is 1080. The first-order chi connectivity index (χ1) is 15.3. The van der Waals surface area contributed by atoms with Crippen LogP contribution in [-0.2, 0) is 16.4 Å². The molecule has 0 bridgehead atoms. The number of nitrogens with one attached hydrogen (secondary N) is 1. The molecule has 172 valence electrons. The van der Waals surface area contributed by atoms with Crippen LogP contribution in [0.3, 0.4) is 0 Å². The van der Waals surface area contributed by atoms with Gasteiger partial charge in [0.2, 0.25) is 10.0 Å². The first-order valence-corrected chi connectivity index (χ1v) is 13.9. The van der Waals surface area contributed by atoms with E-state index in [2.05, 4.69) is 28.7 Å². The van der Waals surface area contributed by atoms with Crippen LogP contribution in [0.25, 0.3) is 0 Å². The molecule has 1 N–H and O–H groups in total. The average molecular weight is 473 g/mol. The highest BCUT2D eigenvalue weighted by Crippen LogP contribution is 2.49. The van der Waals surface area contributed by atoms with Gasteiger partial charge in [-0.3, -0.25) is 0 Å². The molecule has 3 aliphatic rings. The van der Waals surface area contributed by atoms with E-state index in [-0.39, 0.29) is 6.04 Å². The highest BCUT2D eigenvalue weighted by molar-refractivity contribution is 7.89. The van der Waals surface area contributed by atoms with Crippen LogP contribution in [-0.4, -0.2) is 21.0 Å². The maximum Gasteiger partial charge on any atom is 0.242 e. The third kappa shape index (κ3) is 4.57. The Morgan fingerprint density at radius 1 is 1.09 bits per heavy atom. The number of fused-ring (bicyclic) bond motifs is 1. The molecule has 5 rings (SSSR count). The fourth-order valence-electron chi connectivity index (χ4n) is 5.33. The molecule has 2 aromatic rings. The second kappa shape index (κ2) is 8.66. The first kappa shape index (κ1) is 22.2. The Morgan fingerprint density at radius 2 is 1.81 bits per heavy atom. The van der Waals surface area contributed by atoms with Crippen molar-refractivity contribution in [3.8, 4) is 0 Å². The number of rotatable bonds is 5. The van der Waals surface area contributed by atoms with Crippen LogP contribution in [0.15, 0.2) is 47.4 Å². The molecule has 2 fully saturated rings. The van der Waals surface area contributed by atoms with Gasteiger partial charge >= 0.3 is 0 Å². The fourth-order valence-corrected chi connectivity index (χ4v) is 7.12. The van der Waals surface area contributed by atoms with Gasteiger partial charge < -0.3 is 4.90 Å². The molecule has 0 spiro atoms. The topological polar surface area (TPSA) is 49.4 Å². The molecular weight excluding hydrogens is 440 g/mol. The molecule has 6 heteroatoms. The summed E-state index contributed by atoms with van der Waals surface area (Å²) in [4.78, 5) is 2.52. The van der Waals surface area contributed by atoms with E-state index in [0.717, 1.165) is 36.9 Å². The van der Waals surface area contributed by atoms with E-state index >= 15 is 0 Å². The van der Waals surface area contributed by atoms with E-state index in [9.17, 15) is 8.42 Å². The summed E-state index contributed by atoms with van der Waals surface area (Å²) in [6.07, 6.45) is 10.1. The van der Waals surface area contributed by atoms with Gasteiger partial charge in [0.1, 0.15) is 4.90 Å². The Kier molecular flexibility index (Phi) is 6.02. The Morgan fingerprint density at radius 3 is 2.50 bits per heavy atom. The predicted octanol–water partition coefficient (Wildman–Crippen LogP) is 6.45. The van der Waals surface area contributed by atoms with Crippen molar-refractivity contribution in [3.05, 3.63) is 53.1 Å². The maximum atomic E-state index is 13.6. The number of nitrogens with zero attached hydrogens (tertiary/aromatic N) is 1. The molecule has 2 aromatic carbocycles. The lowest BCUT2D eigenvalue weighted by molar-refractivity contribution is 0.295. The summed E-state index contributed by atoms with van der Waals surface area (Å²) < 4.78 is 30.3. The van der Waals surface area contributed by atoms with Gasteiger partial charge in [-0.25, -0.2) is 13.1 Å². The Hall–Kier alpha value is -1.56. The lowest BCUT2D eigenvalue weighted by Crippen LogP contribution is -2.45. The van der Waals surface area contributed by atoms with Crippen molar-refractivity contribution < 1.29 is 8.42 Å². The van der Waals surface area contributed by atoms with Crippen molar-refractivity contribution in [1.29, 1.82) is 0 Å². The minimum atomic E-state index is -3.65. The van der Waals surface area contributed by atoms with E-state index in [4.69, 9.17) is 11.6 Å². The minimum absolute atomic E-state index is 0.111. The van der Waals surface area contributed by atoms with Gasteiger partial charge in [0.15, 0.2) is 0 Å². The van der Waals surface area contributed by atoms with Crippen LogP contribution in [0.4, 0.5) is 11.4 Å². The quantitative estimate of drug-likeness (QED) is 0.543. The van der Waals surface area contributed by atoms with Crippen molar-refractivity contribution in [2.24, 2.45) is 11.3 Å². The van der Waals surface area contributed by atoms with Crippen LogP contribution in [0.1, 0.15) is 63.9 Å². The van der Waals surface area contributed by atoms with Crippen LogP contribution in [0.5, 0.6) is 0 Å². The summed E-state index contributed by atoms with van der Waals surface area (Å²) in [5.41, 5.74) is 3.03. The number of hydrogen-bond acceptors (Lipinski definition) is 3. The lowest BCUT2D eigenvalue weighted by Gasteiger charge is -2.33. The second-order valence-electron chi connectivity index (χ2n) is 10.3. The predicted molar refractivity (Wildman–Crippen MR) is 131 cm³/mol. The normalized spacial score (nSPS) is 24.6. The zero-order valence-corrected chi connectivity index (χ0v) is 20.4. The molecule has 32 heavy (non-hydrogen) atoms. The largest absolute Gasteiger partial charge is 0.339 e. The monoisotopic (exact) mass is 472 g/mol. The van der Waals surface area contributed by atoms with E-state index in [0.29, 0.717) is 33.5 Å². The van der Waals surface area contributed by atoms with Gasteiger partial charge in [-0.05, 0) is 79.7 Å². The van der Waals surface area contributed by atoms with E-state index in [1.807, 2.05) is 30.3 Å². The molecule has 2 saturated carbocycles. The highest BCUT2D eigenvalue weighted by Gasteiger charge is 2.38. The molecule has 1 atom stereocenters. The SMILES string of the molecule is CC1(CCc2cc3c(cc2Cl)N(c2ccccc2)C[C@@H](C2CCCCC2)NS3(=O)=O)CC1. The zero-order chi connectivity index (χ0) is 22.3. The fraction of sp³-hybridized carbons (Fsp3) is 0.538. The van der Waals surface area contributed by atoms with E-state index in [1.54, 1.807) is 0 Å². The smallest absolute Gasteiger partial charge is 0.242 e. The standard InChI is InChI=1S/C26H33ClN2O2S/c1-26(14-15-26)13-12-20-16-25-24(17-22(20)27)29(21-10-6-3-7-11-21)18-23(28-32(25,30)31)19-8-4-2-5-9-19/h3,6-7,10-11,16-17,19,23,28H,2,4-5,8-9,12-15,18H2,1H3/t23-/m0/s1. The Labute approximate surface area is 197 Å². The van der Waals surface area contributed by atoms with Gasteiger partial charge in [-0.1, -0.05) is 56.0 Å². The first-order valence-electron chi connectivity index (χ1n) is 12.0. The molecule has 0 radical (unpaired) electrons. The third-order valence-corrected chi connectivity index (χ3v) is 9.65. The summed E-state index contributed by atoms with van der Waals surface area (Å²) in [5.74, 6) is 0.365. The van der Waals surface area contributed by atoms with Crippen molar-refractivity contribution in [2.45, 2.75) is 75.6 Å². The average Bonchev–Trinajstić information content (AvgIpc) is 3.55. The van der Waals surface area contributed by atoms with Gasteiger partial charge in [0.25, 0.3) is 0 Å². The third-order valence-electron chi connectivity index (χ3n) is 7.78. The molecule has 1 heterocycles. The molecule has 0 saturated heterocycles.